The monoisotopic (exact) mass is 436 g/mol. The van der Waals surface area contributed by atoms with Gasteiger partial charge in [-0.15, -0.1) is 0 Å². The molecule has 4 rings (SSSR count). The van der Waals surface area contributed by atoms with Crippen molar-refractivity contribution in [3.8, 4) is 0 Å². The van der Waals surface area contributed by atoms with E-state index in [0.29, 0.717) is 24.2 Å². The number of hydrogen-bond donors (Lipinski definition) is 2. The quantitative estimate of drug-likeness (QED) is 0.507. The van der Waals surface area contributed by atoms with E-state index in [-0.39, 0.29) is 30.2 Å². The number of hydrogen-bond acceptors (Lipinski definition) is 6. The second-order valence-corrected chi connectivity index (χ2v) is 10.1. The van der Waals surface area contributed by atoms with Gasteiger partial charge in [0.25, 0.3) is 5.91 Å². The predicted octanol–water partition coefficient (Wildman–Crippen LogP) is 1.96. The summed E-state index contributed by atoms with van der Waals surface area (Å²) in [7, 11) is 1.26. The zero-order valence-electron chi connectivity index (χ0n) is 18.9. The van der Waals surface area contributed by atoms with E-state index in [2.05, 4.69) is 10.6 Å². The maximum atomic E-state index is 12.9. The van der Waals surface area contributed by atoms with Crippen LogP contribution < -0.4 is 10.6 Å². The molecule has 31 heavy (non-hydrogen) atoms. The van der Waals surface area contributed by atoms with E-state index < -0.39 is 30.5 Å². The van der Waals surface area contributed by atoms with Gasteiger partial charge < -0.3 is 20.1 Å². The molecule has 8 heteroatoms. The Morgan fingerprint density at radius 3 is 2.10 bits per heavy atom. The Hall–Kier alpha value is -2.12. The lowest BCUT2D eigenvalue weighted by atomic mass is 9.49. The molecule has 4 aliphatic rings. The number of ether oxygens (including phenoxy) is 2. The van der Waals surface area contributed by atoms with Crippen LogP contribution in [0.3, 0.4) is 0 Å². The van der Waals surface area contributed by atoms with Crippen molar-refractivity contribution in [2.45, 2.75) is 71.3 Å². The summed E-state index contributed by atoms with van der Waals surface area (Å²) in [5, 5.41) is 5.48. The van der Waals surface area contributed by atoms with Gasteiger partial charge in [-0.25, -0.2) is 4.79 Å². The first-order valence-corrected chi connectivity index (χ1v) is 11.5. The number of esters is 2. The zero-order valence-corrected chi connectivity index (χ0v) is 18.9. The van der Waals surface area contributed by atoms with Crippen LogP contribution in [0.2, 0.25) is 0 Å². The van der Waals surface area contributed by atoms with Gasteiger partial charge in [-0.05, 0) is 68.6 Å². The Morgan fingerprint density at radius 2 is 1.58 bits per heavy atom. The third-order valence-corrected chi connectivity index (χ3v) is 7.03. The summed E-state index contributed by atoms with van der Waals surface area (Å²) in [6, 6.07) is -0.768. The molecule has 0 spiro atoms. The molecule has 0 aromatic heterocycles. The van der Waals surface area contributed by atoms with E-state index in [9.17, 15) is 19.2 Å². The van der Waals surface area contributed by atoms with Crippen LogP contribution >= 0.6 is 0 Å². The molecular formula is C23H36N2O6. The number of amides is 2. The van der Waals surface area contributed by atoms with Crippen molar-refractivity contribution in [3.05, 3.63) is 0 Å². The molecule has 0 saturated heterocycles. The average molecular weight is 437 g/mol. The van der Waals surface area contributed by atoms with Gasteiger partial charge in [0.1, 0.15) is 6.04 Å². The molecule has 2 N–H and O–H groups in total. The third-order valence-electron chi connectivity index (χ3n) is 7.03. The topological polar surface area (TPSA) is 111 Å². The molecule has 0 radical (unpaired) electrons. The van der Waals surface area contributed by atoms with Crippen molar-refractivity contribution in [2.75, 3.05) is 20.3 Å². The molecule has 1 atom stereocenters. The molecule has 2 amide bonds. The van der Waals surface area contributed by atoms with Crippen molar-refractivity contribution >= 4 is 23.8 Å². The normalized spacial score (nSPS) is 29.4. The summed E-state index contributed by atoms with van der Waals surface area (Å²) in [6.07, 6.45) is 7.20. The van der Waals surface area contributed by atoms with E-state index in [4.69, 9.17) is 9.47 Å². The Kier molecular flexibility index (Phi) is 7.59. The van der Waals surface area contributed by atoms with Crippen molar-refractivity contribution in [1.82, 2.24) is 10.6 Å². The number of carbonyl (C=O) groups excluding carboxylic acids is 4. The van der Waals surface area contributed by atoms with Crippen LogP contribution in [0, 0.1) is 29.1 Å². The Bertz CT molecular complexity index is 669. The highest BCUT2D eigenvalue weighted by atomic mass is 16.5. The second kappa shape index (κ2) is 10.0. The van der Waals surface area contributed by atoms with Crippen LogP contribution in [-0.4, -0.2) is 50.1 Å². The van der Waals surface area contributed by atoms with Crippen LogP contribution in [-0.2, 0) is 28.7 Å². The smallest absolute Gasteiger partial charge is 0.328 e. The molecule has 0 aromatic carbocycles. The van der Waals surface area contributed by atoms with E-state index in [0.717, 1.165) is 19.3 Å². The van der Waals surface area contributed by atoms with Gasteiger partial charge in [0.05, 0.1) is 13.5 Å². The summed E-state index contributed by atoms with van der Waals surface area (Å²) in [5.74, 6) is 0.679. The fraction of sp³-hybridized carbons (Fsp3) is 0.826. The van der Waals surface area contributed by atoms with Gasteiger partial charge in [0.2, 0.25) is 5.91 Å². The summed E-state index contributed by atoms with van der Waals surface area (Å²) < 4.78 is 9.70. The Balaban J connectivity index is 1.36. The minimum absolute atomic E-state index is 0.0117. The average Bonchev–Trinajstić information content (AvgIpc) is 2.69. The predicted molar refractivity (Wildman–Crippen MR) is 113 cm³/mol. The first kappa shape index (κ1) is 23.5. The second-order valence-electron chi connectivity index (χ2n) is 10.1. The molecule has 4 bridgehead atoms. The van der Waals surface area contributed by atoms with Crippen molar-refractivity contribution < 1.29 is 28.7 Å². The molecule has 8 nitrogen and oxygen atoms in total. The number of rotatable bonds is 10. The summed E-state index contributed by atoms with van der Waals surface area (Å²) in [4.78, 5) is 48.7. The van der Waals surface area contributed by atoms with Gasteiger partial charge in [-0.3, -0.25) is 14.4 Å². The van der Waals surface area contributed by atoms with Crippen LogP contribution in [0.1, 0.15) is 65.2 Å². The van der Waals surface area contributed by atoms with Crippen molar-refractivity contribution in [2.24, 2.45) is 29.1 Å². The van der Waals surface area contributed by atoms with Crippen LogP contribution in [0.25, 0.3) is 0 Å². The van der Waals surface area contributed by atoms with Gasteiger partial charge >= 0.3 is 11.9 Å². The van der Waals surface area contributed by atoms with Gasteiger partial charge in [0.15, 0.2) is 6.61 Å². The highest BCUT2D eigenvalue weighted by molar-refractivity contribution is 5.86. The van der Waals surface area contributed by atoms with E-state index >= 15 is 0 Å². The van der Waals surface area contributed by atoms with E-state index in [1.807, 2.05) is 13.8 Å². The number of methoxy groups -OCH3 is 1. The first-order chi connectivity index (χ1) is 14.7. The van der Waals surface area contributed by atoms with Gasteiger partial charge in [-0.1, -0.05) is 13.8 Å². The molecule has 0 aromatic rings. The maximum Gasteiger partial charge on any atom is 0.328 e. The summed E-state index contributed by atoms with van der Waals surface area (Å²) >= 11 is 0. The van der Waals surface area contributed by atoms with Crippen LogP contribution in [0.4, 0.5) is 0 Å². The Morgan fingerprint density at radius 1 is 1.00 bits per heavy atom. The maximum absolute atomic E-state index is 12.9. The fourth-order valence-corrected chi connectivity index (χ4v) is 6.14. The highest BCUT2D eigenvalue weighted by Gasteiger charge is 2.54. The standard InChI is InChI=1S/C23H36N2O6/c1-14(2)6-18(21(28)30-3)25-19(26)13-31-20(27)4-5-24-22(29)23-10-15-7-16(11-23)9-17(8-15)12-23/h14-18H,4-13H2,1-3H3,(H,24,29)(H,25,26). The molecule has 4 fully saturated rings. The Labute approximate surface area is 184 Å². The first-order valence-electron chi connectivity index (χ1n) is 11.5. The van der Waals surface area contributed by atoms with Crippen LogP contribution in [0.5, 0.6) is 0 Å². The molecule has 1 unspecified atom stereocenters. The summed E-state index contributed by atoms with van der Waals surface area (Å²) in [5.41, 5.74) is -0.238. The molecule has 4 aliphatic carbocycles. The van der Waals surface area contributed by atoms with E-state index in [1.54, 1.807) is 0 Å². The molecule has 4 saturated carbocycles. The number of nitrogens with one attached hydrogen (secondary N) is 2. The molecule has 0 aliphatic heterocycles. The fourth-order valence-electron chi connectivity index (χ4n) is 6.14. The summed E-state index contributed by atoms with van der Waals surface area (Å²) in [6.45, 7) is 3.60. The van der Waals surface area contributed by atoms with E-state index in [1.165, 1.54) is 26.4 Å². The van der Waals surface area contributed by atoms with Gasteiger partial charge in [-0.2, -0.15) is 0 Å². The SMILES string of the molecule is COC(=O)C(CC(C)C)NC(=O)COC(=O)CCNC(=O)C12CC3CC(CC(C3)C1)C2. The third kappa shape index (κ3) is 5.98. The van der Waals surface area contributed by atoms with Crippen molar-refractivity contribution in [1.29, 1.82) is 0 Å². The lowest BCUT2D eigenvalue weighted by Crippen LogP contribution is -2.53. The molecular weight excluding hydrogens is 400 g/mol. The minimum atomic E-state index is -0.768. The molecule has 0 heterocycles. The lowest BCUT2D eigenvalue weighted by molar-refractivity contribution is -0.150. The lowest BCUT2D eigenvalue weighted by Gasteiger charge is -2.55. The number of carbonyl (C=O) groups is 4. The van der Waals surface area contributed by atoms with Crippen molar-refractivity contribution in [3.63, 3.8) is 0 Å². The minimum Gasteiger partial charge on any atom is -0.467 e. The van der Waals surface area contributed by atoms with Crippen LogP contribution in [0.15, 0.2) is 0 Å². The van der Waals surface area contributed by atoms with Gasteiger partial charge in [0, 0.05) is 12.0 Å². The largest absolute Gasteiger partial charge is 0.467 e. The zero-order chi connectivity index (χ0) is 22.6. The highest BCUT2D eigenvalue weighted by Crippen LogP contribution is 2.60. The molecule has 174 valence electrons.